The molecule has 150 valence electrons. The number of aromatic nitrogens is 1. The van der Waals surface area contributed by atoms with Crippen LogP contribution in [0.25, 0.3) is 11.8 Å². The van der Waals surface area contributed by atoms with E-state index in [1.165, 1.54) is 18.1 Å². The molecule has 0 unspecified atom stereocenters. The molecule has 8 heteroatoms. The van der Waals surface area contributed by atoms with Gasteiger partial charge in [-0.15, -0.1) is 0 Å². The number of thiocarbonyl (C=S) groups is 1. The van der Waals surface area contributed by atoms with Gasteiger partial charge in [0.15, 0.2) is 5.11 Å². The zero-order chi connectivity index (χ0) is 21.3. The summed E-state index contributed by atoms with van der Waals surface area (Å²) in [5.74, 6) is -0.522. The highest BCUT2D eigenvalue weighted by molar-refractivity contribution is 7.80. The van der Waals surface area contributed by atoms with Gasteiger partial charge in [-0.05, 0) is 66.8 Å². The van der Waals surface area contributed by atoms with Crippen molar-refractivity contribution < 1.29 is 19.4 Å². The average molecular weight is 419 g/mol. The van der Waals surface area contributed by atoms with Crippen LogP contribution in [0.3, 0.4) is 0 Å². The molecule has 2 N–H and O–H groups in total. The van der Waals surface area contributed by atoms with Crippen LogP contribution >= 0.6 is 12.2 Å². The Labute approximate surface area is 177 Å². The third-order valence-electron chi connectivity index (χ3n) is 4.63. The second kappa shape index (κ2) is 7.84. The molecule has 2 aromatic carbocycles. The first-order valence-electron chi connectivity index (χ1n) is 9.01. The summed E-state index contributed by atoms with van der Waals surface area (Å²) in [5, 5.41) is 12.1. The molecule has 1 aliphatic rings. The largest absolute Gasteiger partial charge is 0.508 e. The number of phenolic OH excluding ortho intramolecular Hbond substituents is 1. The Balaban J connectivity index is 1.76. The normalized spacial score (nSPS) is 15.4. The predicted molar refractivity (Wildman–Crippen MR) is 117 cm³/mol. The standard InChI is InChI=1S/C22H17N3O4S/c1-29-19-7-3-2-6-18(19)25-21(28)17(20(27)23-22(25)30)13-15-5-4-12-24(15)14-8-10-16(26)11-9-14/h2-13,26H,1H3,(H,23,27,30)/b17-13-. The quantitative estimate of drug-likeness (QED) is 0.386. The Morgan fingerprint density at radius 2 is 1.77 bits per heavy atom. The SMILES string of the molecule is COc1ccccc1N1C(=O)/C(=C\c2cccn2-c2ccc(O)cc2)C(=O)NC1=S. The van der Waals surface area contributed by atoms with Gasteiger partial charge in [0.25, 0.3) is 11.8 Å². The molecule has 3 aromatic rings. The van der Waals surface area contributed by atoms with Crippen molar-refractivity contribution in [1.82, 2.24) is 9.88 Å². The van der Waals surface area contributed by atoms with E-state index in [1.807, 2.05) is 0 Å². The number of amides is 2. The van der Waals surface area contributed by atoms with E-state index >= 15 is 0 Å². The summed E-state index contributed by atoms with van der Waals surface area (Å²) >= 11 is 5.25. The van der Waals surface area contributed by atoms with Crippen molar-refractivity contribution in [2.24, 2.45) is 0 Å². The molecule has 1 fully saturated rings. The summed E-state index contributed by atoms with van der Waals surface area (Å²) < 4.78 is 7.14. The topological polar surface area (TPSA) is 83.8 Å². The van der Waals surface area contributed by atoms with E-state index in [2.05, 4.69) is 5.32 Å². The molecule has 0 aliphatic carbocycles. The number of benzene rings is 2. The molecule has 0 radical (unpaired) electrons. The maximum absolute atomic E-state index is 13.2. The van der Waals surface area contributed by atoms with Crippen molar-refractivity contribution in [2.45, 2.75) is 0 Å². The second-order valence-electron chi connectivity index (χ2n) is 6.45. The van der Waals surface area contributed by atoms with E-state index in [9.17, 15) is 14.7 Å². The van der Waals surface area contributed by atoms with Crippen molar-refractivity contribution in [3.05, 3.63) is 78.1 Å². The van der Waals surface area contributed by atoms with Gasteiger partial charge in [-0.1, -0.05) is 12.1 Å². The molecule has 30 heavy (non-hydrogen) atoms. The van der Waals surface area contributed by atoms with Crippen LogP contribution < -0.4 is 15.0 Å². The van der Waals surface area contributed by atoms with Crippen LogP contribution in [0.4, 0.5) is 5.69 Å². The number of phenols is 1. The minimum Gasteiger partial charge on any atom is -0.508 e. The maximum atomic E-state index is 13.2. The lowest BCUT2D eigenvalue weighted by molar-refractivity contribution is -0.122. The predicted octanol–water partition coefficient (Wildman–Crippen LogP) is 3.02. The Morgan fingerprint density at radius 1 is 1.03 bits per heavy atom. The summed E-state index contributed by atoms with van der Waals surface area (Å²) in [5.41, 5.74) is 1.76. The number of aromatic hydroxyl groups is 1. The van der Waals surface area contributed by atoms with Crippen LogP contribution in [-0.2, 0) is 9.59 Å². The number of carbonyl (C=O) groups excluding carboxylic acids is 2. The summed E-state index contributed by atoms with van der Waals surface area (Å²) in [7, 11) is 1.50. The lowest BCUT2D eigenvalue weighted by Gasteiger charge is -2.29. The van der Waals surface area contributed by atoms with Gasteiger partial charge in [-0.25, -0.2) is 4.90 Å². The number of rotatable bonds is 4. The fraction of sp³-hybridized carbons (Fsp3) is 0.0455. The third kappa shape index (κ3) is 3.44. The van der Waals surface area contributed by atoms with Gasteiger partial charge < -0.3 is 14.4 Å². The number of methoxy groups -OCH3 is 1. The zero-order valence-corrected chi connectivity index (χ0v) is 16.7. The molecule has 1 saturated heterocycles. The fourth-order valence-corrected chi connectivity index (χ4v) is 3.47. The number of carbonyl (C=O) groups is 2. The van der Waals surface area contributed by atoms with Crippen molar-refractivity contribution in [3.63, 3.8) is 0 Å². The molecule has 0 spiro atoms. The summed E-state index contributed by atoms with van der Waals surface area (Å²) in [6, 6.07) is 17.1. The Bertz CT molecular complexity index is 1180. The van der Waals surface area contributed by atoms with Gasteiger partial charge in [-0.3, -0.25) is 14.9 Å². The molecule has 0 atom stereocenters. The van der Waals surface area contributed by atoms with Gasteiger partial charge in [-0.2, -0.15) is 0 Å². The van der Waals surface area contributed by atoms with Gasteiger partial charge in [0.2, 0.25) is 0 Å². The minimum atomic E-state index is -0.574. The van der Waals surface area contributed by atoms with Gasteiger partial charge in [0.05, 0.1) is 12.8 Å². The van der Waals surface area contributed by atoms with Crippen LogP contribution in [0.15, 0.2) is 72.4 Å². The van der Waals surface area contributed by atoms with Crippen molar-refractivity contribution in [2.75, 3.05) is 12.0 Å². The molecule has 4 rings (SSSR count). The first-order valence-corrected chi connectivity index (χ1v) is 9.41. The molecule has 0 bridgehead atoms. The molecular weight excluding hydrogens is 402 g/mol. The molecule has 2 amide bonds. The van der Waals surface area contributed by atoms with Gasteiger partial charge in [0.1, 0.15) is 17.1 Å². The molecular formula is C22H17N3O4S. The average Bonchev–Trinajstić information content (AvgIpc) is 3.20. The number of anilines is 1. The van der Waals surface area contributed by atoms with E-state index in [0.29, 0.717) is 17.1 Å². The van der Waals surface area contributed by atoms with Crippen molar-refractivity contribution >= 4 is 40.9 Å². The fourth-order valence-electron chi connectivity index (χ4n) is 3.20. The maximum Gasteiger partial charge on any atom is 0.270 e. The Kier molecular flexibility index (Phi) is 5.07. The monoisotopic (exact) mass is 419 g/mol. The molecule has 2 heterocycles. The van der Waals surface area contributed by atoms with Crippen LogP contribution in [0.5, 0.6) is 11.5 Å². The first kappa shape index (κ1) is 19.4. The number of nitrogens with one attached hydrogen (secondary N) is 1. The summed E-state index contributed by atoms with van der Waals surface area (Å²) in [6.45, 7) is 0. The highest BCUT2D eigenvalue weighted by Gasteiger charge is 2.36. The van der Waals surface area contributed by atoms with E-state index in [1.54, 1.807) is 71.4 Å². The van der Waals surface area contributed by atoms with E-state index in [0.717, 1.165) is 5.69 Å². The van der Waals surface area contributed by atoms with E-state index in [4.69, 9.17) is 17.0 Å². The second-order valence-corrected chi connectivity index (χ2v) is 6.84. The van der Waals surface area contributed by atoms with Crippen LogP contribution in [0.2, 0.25) is 0 Å². The van der Waals surface area contributed by atoms with Crippen LogP contribution in [0, 0.1) is 0 Å². The summed E-state index contributed by atoms with van der Waals surface area (Å²) in [4.78, 5) is 27.1. The zero-order valence-electron chi connectivity index (χ0n) is 15.9. The minimum absolute atomic E-state index is 0.0134. The van der Waals surface area contributed by atoms with Gasteiger partial charge >= 0.3 is 0 Å². The Morgan fingerprint density at radius 3 is 2.50 bits per heavy atom. The van der Waals surface area contributed by atoms with Crippen LogP contribution in [0.1, 0.15) is 5.69 Å². The Hall–Kier alpha value is -3.91. The van der Waals surface area contributed by atoms with E-state index < -0.39 is 11.8 Å². The summed E-state index contributed by atoms with van der Waals surface area (Å²) in [6.07, 6.45) is 3.31. The number of ether oxygens (including phenoxy) is 1. The third-order valence-corrected chi connectivity index (χ3v) is 4.91. The number of nitrogens with zero attached hydrogens (tertiary/aromatic N) is 2. The smallest absolute Gasteiger partial charge is 0.270 e. The van der Waals surface area contributed by atoms with Crippen molar-refractivity contribution in [3.8, 4) is 17.2 Å². The van der Waals surface area contributed by atoms with Crippen LogP contribution in [-0.4, -0.2) is 33.7 Å². The van der Waals surface area contributed by atoms with E-state index in [-0.39, 0.29) is 16.4 Å². The highest BCUT2D eigenvalue weighted by Crippen LogP contribution is 2.31. The first-order chi connectivity index (χ1) is 14.5. The molecule has 0 saturated carbocycles. The van der Waals surface area contributed by atoms with Gasteiger partial charge in [0, 0.05) is 17.6 Å². The molecule has 1 aromatic heterocycles. The molecule has 7 nitrogen and oxygen atoms in total. The lowest BCUT2D eigenvalue weighted by Crippen LogP contribution is -2.54. The highest BCUT2D eigenvalue weighted by atomic mass is 32.1. The number of hydrogen-bond donors (Lipinski definition) is 2. The number of para-hydroxylation sites is 2. The number of hydrogen-bond acceptors (Lipinski definition) is 5. The van der Waals surface area contributed by atoms with Crippen molar-refractivity contribution in [1.29, 1.82) is 0 Å². The lowest BCUT2D eigenvalue weighted by atomic mass is 10.1. The molecule has 1 aliphatic heterocycles.